The molecule has 1 aromatic rings. The van der Waals surface area contributed by atoms with E-state index in [-0.39, 0.29) is 6.04 Å². The highest BCUT2D eigenvalue weighted by Crippen LogP contribution is 2.32. The lowest BCUT2D eigenvalue weighted by molar-refractivity contribution is -0.148. The van der Waals surface area contributed by atoms with Gasteiger partial charge in [0.25, 0.3) is 0 Å². The molecule has 0 spiro atoms. The van der Waals surface area contributed by atoms with Crippen LogP contribution in [-0.4, -0.2) is 27.6 Å². The van der Waals surface area contributed by atoms with Crippen LogP contribution in [0, 0.1) is 0 Å². The van der Waals surface area contributed by atoms with E-state index in [0.717, 1.165) is 11.4 Å². The molecule has 19 heavy (non-hydrogen) atoms. The number of thiazole rings is 1. The Morgan fingerprint density at radius 3 is 2.74 bits per heavy atom. The van der Waals surface area contributed by atoms with Crippen molar-refractivity contribution in [3.05, 3.63) is 16.6 Å². The van der Waals surface area contributed by atoms with Crippen molar-refractivity contribution in [3.8, 4) is 0 Å². The van der Waals surface area contributed by atoms with Gasteiger partial charge in [-0.3, -0.25) is 0 Å². The van der Waals surface area contributed by atoms with Gasteiger partial charge in [0.1, 0.15) is 10.5 Å². The number of rotatable bonds is 5. The van der Waals surface area contributed by atoms with Crippen molar-refractivity contribution >= 4 is 23.3 Å². The molecule has 7 heteroatoms. The molecule has 1 fully saturated rings. The summed E-state index contributed by atoms with van der Waals surface area (Å²) in [5, 5.41) is 17.2. The van der Waals surface area contributed by atoms with E-state index in [1.807, 2.05) is 12.3 Å². The van der Waals surface area contributed by atoms with Gasteiger partial charge in [0.05, 0.1) is 6.04 Å². The molecule has 2 rings (SSSR count). The number of urea groups is 1. The molecular formula is C12H17N3O3S. The monoisotopic (exact) mass is 283 g/mol. The van der Waals surface area contributed by atoms with Gasteiger partial charge in [0.2, 0.25) is 0 Å². The van der Waals surface area contributed by atoms with Gasteiger partial charge in [-0.2, -0.15) is 0 Å². The number of nitrogens with zero attached hydrogens (tertiary/aromatic N) is 1. The van der Waals surface area contributed by atoms with Crippen molar-refractivity contribution in [1.29, 1.82) is 0 Å². The molecule has 1 unspecified atom stereocenters. The summed E-state index contributed by atoms with van der Waals surface area (Å²) in [5.41, 5.74) is -1.08. The molecule has 0 bridgehead atoms. The first kappa shape index (κ1) is 13.8. The quantitative estimate of drug-likeness (QED) is 0.769. The Bertz CT molecular complexity index is 457. The first-order valence-electron chi connectivity index (χ1n) is 6.29. The second-order valence-corrected chi connectivity index (χ2v) is 5.60. The fourth-order valence-corrected chi connectivity index (χ4v) is 2.85. The molecule has 1 heterocycles. The number of carboxylic acids is 1. The number of carboxylic acid groups (broad SMARTS) is 1. The summed E-state index contributed by atoms with van der Waals surface area (Å²) in [6, 6.07) is -0.616. The highest BCUT2D eigenvalue weighted by molar-refractivity contribution is 7.09. The Morgan fingerprint density at radius 1 is 1.58 bits per heavy atom. The SMILES string of the molecule is CCC(NC(=O)NC1(C(=O)O)CCC1)c1nccs1. The van der Waals surface area contributed by atoms with Crippen molar-refractivity contribution in [2.45, 2.75) is 44.2 Å². The van der Waals surface area contributed by atoms with E-state index < -0.39 is 17.5 Å². The van der Waals surface area contributed by atoms with Gasteiger partial charge in [-0.25, -0.2) is 14.6 Å². The number of nitrogens with one attached hydrogen (secondary N) is 2. The molecule has 0 radical (unpaired) electrons. The van der Waals surface area contributed by atoms with E-state index in [2.05, 4.69) is 15.6 Å². The maximum atomic E-state index is 11.9. The first-order chi connectivity index (χ1) is 9.07. The predicted octanol–water partition coefficient (Wildman–Crippen LogP) is 1.90. The lowest BCUT2D eigenvalue weighted by atomic mass is 9.77. The van der Waals surface area contributed by atoms with E-state index in [1.165, 1.54) is 11.3 Å². The van der Waals surface area contributed by atoms with Gasteiger partial charge >= 0.3 is 12.0 Å². The molecule has 104 valence electrons. The van der Waals surface area contributed by atoms with Gasteiger partial charge in [-0.1, -0.05) is 6.92 Å². The molecule has 1 atom stereocenters. The molecule has 6 nitrogen and oxygen atoms in total. The van der Waals surface area contributed by atoms with E-state index in [0.29, 0.717) is 19.3 Å². The Morgan fingerprint density at radius 2 is 2.32 bits per heavy atom. The summed E-state index contributed by atoms with van der Waals surface area (Å²) in [5.74, 6) is -0.962. The third-order valence-corrected chi connectivity index (χ3v) is 4.32. The van der Waals surface area contributed by atoms with Gasteiger partial charge in [-0.15, -0.1) is 11.3 Å². The van der Waals surface area contributed by atoms with Crippen LogP contribution in [0.5, 0.6) is 0 Å². The average Bonchev–Trinajstić information content (AvgIpc) is 2.83. The van der Waals surface area contributed by atoms with E-state index in [4.69, 9.17) is 5.11 Å². The minimum atomic E-state index is -1.08. The summed E-state index contributed by atoms with van der Waals surface area (Å²) < 4.78 is 0. The third-order valence-electron chi connectivity index (χ3n) is 3.43. The van der Waals surface area contributed by atoms with Gasteiger partial charge in [0.15, 0.2) is 0 Å². The van der Waals surface area contributed by atoms with E-state index >= 15 is 0 Å². The van der Waals surface area contributed by atoms with Crippen LogP contribution in [0.25, 0.3) is 0 Å². The standard InChI is InChI=1S/C12H17N3O3S/c1-2-8(9-13-6-7-19-9)14-11(18)15-12(10(16)17)4-3-5-12/h6-8H,2-5H2,1H3,(H,16,17)(H2,14,15,18). The molecule has 0 saturated heterocycles. The van der Waals surface area contributed by atoms with Crippen LogP contribution in [0.1, 0.15) is 43.7 Å². The molecule has 0 aliphatic heterocycles. The lowest BCUT2D eigenvalue weighted by Gasteiger charge is -2.38. The van der Waals surface area contributed by atoms with Crippen LogP contribution < -0.4 is 10.6 Å². The molecule has 1 aliphatic rings. The summed E-state index contributed by atoms with van der Waals surface area (Å²) >= 11 is 1.47. The molecule has 1 aromatic heterocycles. The third kappa shape index (κ3) is 2.86. The number of carbonyl (C=O) groups excluding carboxylic acids is 1. The highest BCUT2D eigenvalue weighted by Gasteiger charge is 2.45. The summed E-state index contributed by atoms with van der Waals surface area (Å²) in [4.78, 5) is 27.2. The largest absolute Gasteiger partial charge is 0.480 e. The Hall–Kier alpha value is -1.63. The Kier molecular flexibility index (Phi) is 4.04. The van der Waals surface area contributed by atoms with Crippen LogP contribution in [0.15, 0.2) is 11.6 Å². The van der Waals surface area contributed by atoms with E-state index in [9.17, 15) is 9.59 Å². The van der Waals surface area contributed by atoms with Crippen LogP contribution in [0.2, 0.25) is 0 Å². The summed E-state index contributed by atoms with van der Waals surface area (Å²) in [6.45, 7) is 1.95. The zero-order valence-electron chi connectivity index (χ0n) is 10.7. The number of aromatic nitrogens is 1. The first-order valence-corrected chi connectivity index (χ1v) is 7.17. The normalized spacial score (nSPS) is 18.2. The number of hydrogen-bond acceptors (Lipinski definition) is 4. The zero-order chi connectivity index (χ0) is 13.9. The molecule has 0 aromatic carbocycles. The lowest BCUT2D eigenvalue weighted by Crippen LogP contribution is -2.61. The van der Waals surface area contributed by atoms with Crippen LogP contribution >= 0.6 is 11.3 Å². The smallest absolute Gasteiger partial charge is 0.329 e. The second kappa shape index (κ2) is 5.56. The van der Waals surface area contributed by atoms with Gasteiger partial charge in [0, 0.05) is 11.6 Å². The number of carbonyl (C=O) groups is 2. The topological polar surface area (TPSA) is 91.3 Å². The fourth-order valence-electron chi connectivity index (χ4n) is 2.08. The fraction of sp³-hybridized carbons (Fsp3) is 0.583. The predicted molar refractivity (Wildman–Crippen MR) is 71.0 cm³/mol. The molecule has 1 saturated carbocycles. The van der Waals surface area contributed by atoms with Gasteiger partial charge < -0.3 is 15.7 Å². The van der Waals surface area contributed by atoms with Crippen LogP contribution in [0.3, 0.4) is 0 Å². The highest BCUT2D eigenvalue weighted by atomic mass is 32.1. The summed E-state index contributed by atoms with van der Waals surface area (Å²) in [6.07, 6.45) is 4.21. The maximum absolute atomic E-state index is 11.9. The molecule has 2 amide bonds. The summed E-state index contributed by atoms with van der Waals surface area (Å²) in [7, 11) is 0. The second-order valence-electron chi connectivity index (χ2n) is 4.67. The van der Waals surface area contributed by atoms with Crippen molar-refractivity contribution in [2.24, 2.45) is 0 Å². The molecule has 3 N–H and O–H groups in total. The van der Waals surface area contributed by atoms with Crippen molar-refractivity contribution in [2.75, 3.05) is 0 Å². The van der Waals surface area contributed by atoms with Crippen molar-refractivity contribution < 1.29 is 14.7 Å². The van der Waals surface area contributed by atoms with Crippen molar-refractivity contribution in [1.82, 2.24) is 15.6 Å². The van der Waals surface area contributed by atoms with Crippen LogP contribution in [0.4, 0.5) is 4.79 Å². The van der Waals surface area contributed by atoms with E-state index in [1.54, 1.807) is 6.20 Å². The Labute approximate surface area is 115 Å². The maximum Gasteiger partial charge on any atom is 0.329 e. The average molecular weight is 283 g/mol. The number of amides is 2. The zero-order valence-corrected chi connectivity index (χ0v) is 11.5. The van der Waals surface area contributed by atoms with Gasteiger partial charge in [-0.05, 0) is 25.7 Å². The minimum Gasteiger partial charge on any atom is -0.480 e. The molecule has 1 aliphatic carbocycles. The minimum absolute atomic E-state index is 0.175. The number of hydrogen-bond donors (Lipinski definition) is 3. The Balaban J connectivity index is 1.95. The van der Waals surface area contributed by atoms with Crippen molar-refractivity contribution in [3.63, 3.8) is 0 Å². The van der Waals surface area contributed by atoms with Crippen LogP contribution in [-0.2, 0) is 4.79 Å². The molecular weight excluding hydrogens is 266 g/mol. The number of aliphatic carboxylic acids is 1.